The van der Waals surface area contributed by atoms with Gasteiger partial charge in [-0.25, -0.2) is 4.79 Å². The molecule has 404 valence electrons. The summed E-state index contributed by atoms with van der Waals surface area (Å²) < 4.78 is 348. The van der Waals surface area contributed by atoms with Gasteiger partial charge in [0.15, 0.2) is 12.7 Å². The first-order valence-corrected chi connectivity index (χ1v) is 20.9. The van der Waals surface area contributed by atoms with Crippen LogP contribution in [0.15, 0.2) is 128 Å². The van der Waals surface area contributed by atoms with Gasteiger partial charge in [0.2, 0.25) is 0 Å². The van der Waals surface area contributed by atoms with Crippen LogP contribution in [-0.2, 0) is 60.7 Å². The number of halogens is 24. The molecule has 0 unspecified atom stereocenters. The molecule has 0 aliphatic heterocycles. The minimum atomic E-state index is -6.13. The molecule has 6 rings (SSSR count). The molecule has 29 heteroatoms. The molecule has 0 N–H and O–H groups in total. The number of pyridine rings is 1. The van der Waals surface area contributed by atoms with Crippen molar-refractivity contribution in [2.24, 2.45) is 0 Å². The van der Waals surface area contributed by atoms with Crippen LogP contribution >= 0.6 is 12.6 Å². The fourth-order valence-electron chi connectivity index (χ4n) is 7.78. The quantitative estimate of drug-likeness (QED) is 0.0411. The zero-order chi connectivity index (χ0) is 56.7. The van der Waals surface area contributed by atoms with Crippen molar-refractivity contribution in [3.05, 3.63) is 183 Å². The second-order valence-corrected chi connectivity index (χ2v) is 16.2. The highest BCUT2D eigenvalue weighted by molar-refractivity contribution is 7.80. The molecule has 0 fully saturated rings. The summed E-state index contributed by atoms with van der Waals surface area (Å²) >= 11 is 3.89. The van der Waals surface area contributed by atoms with Crippen molar-refractivity contribution in [3.8, 4) is 0 Å². The Morgan fingerprint density at radius 1 is 0.387 bits per heavy atom. The molecule has 0 saturated carbocycles. The van der Waals surface area contributed by atoms with Gasteiger partial charge in [0.05, 0.1) is 44.5 Å². The number of aromatic nitrogens is 1. The summed E-state index contributed by atoms with van der Waals surface area (Å²) in [4.78, 5) is 11.8. The summed E-state index contributed by atoms with van der Waals surface area (Å²) in [7, 11) is 0. The molecule has 1 aromatic heterocycles. The summed E-state index contributed by atoms with van der Waals surface area (Å²) in [6, 6.07) is 6.60. The van der Waals surface area contributed by atoms with Gasteiger partial charge in [-0.15, -0.1) is 12.6 Å². The molecule has 0 atom stereocenters. The lowest BCUT2D eigenvalue weighted by Crippen LogP contribution is -2.75. The van der Waals surface area contributed by atoms with Gasteiger partial charge in [0, 0.05) is 17.7 Å². The summed E-state index contributed by atoms with van der Waals surface area (Å²) in [6.07, 6.45) is -52.9. The van der Waals surface area contributed by atoms with Crippen molar-refractivity contribution < 1.29 is 119 Å². The summed E-state index contributed by atoms with van der Waals surface area (Å²) in [6.45, 7) is 0.638. The molecular formula is C46H26BF24NO2S. The van der Waals surface area contributed by atoms with E-state index >= 15 is 0 Å². The third-order valence-corrected chi connectivity index (χ3v) is 11.1. The molecule has 0 aliphatic rings. The van der Waals surface area contributed by atoms with E-state index in [9.17, 15) is 110 Å². The van der Waals surface area contributed by atoms with Gasteiger partial charge in [-0.2, -0.15) is 132 Å². The highest BCUT2D eigenvalue weighted by Crippen LogP contribution is 2.41. The first kappa shape index (κ1) is 59.3. The van der Waals surface area contributed by atoms with Crippen molar-refractivity contribution in [2.45, 2.75) is 56.0 Å². The van der Waals surface area contributed by atoms with Gasteiger partial charge in [0.25, 0.3) is 5.69 Å². The van der Waals surface area contributed by atoms with E-state index in [1.54, 1.807) is 6.07 Å². The van der Waals surface area contributed by atoms with Crippen molar-refractivity contribution in [1.29, 1.82) is 0 Å². The first-order chi connectivity index (χ1) is 34.1. The second kappa shape index (κ2) is 20.9. The number of thiol groups is 1. The van der Waals surface area contributed by atoms with E-state index in [0.717, 1.165) is 5.56 Å². The van der Waals surface area contributed by atoms with Crippen LogP contribution in [-0.4, -0.2) is 18.1 Å². The number of ether oxygens (including phenoxy) is 1. The molecular weight excluding hydrogens is 1100 g/mol. The highest BCUT2D eigenvalue weighted by atomic mass is 32.1. The molecule has 0 bridgehead atoms. The van der Waals surface area contributed by atoms with Crippen molar-refractivity contribution in [2.75, 3.05) is 5.94 Å². The van der Waals surface area contributed by atoms with Crippen LogP contribution in [0.5, 0.6) is 0 Å². The van der Waals surface area contributed by atoms with E-state index in [0.29, 0.717) is 12.2 Å². The normalized spacial score (nSPS) is 13.3. The Morgan fingerprint density at radius 3 is 0.880 bits per heavy atom. The second-order valence-electron chi connectivity index (χ2n) is 16.0. The largest absolute Gasteiger partial charge is 0.447 e. The molecule has 0 amide bonds. The van der Waals surface area contributed by atoms with Gasteiger partial charge in [-0.3, -0.25) is 0 Å². The Bertz CT molecular complexity index is 2570. The zero-order valence-corrected chi connectivity index (χ0v) is 37.3. The van der Waals surface area contributed by atoms with E-state index in [-0.39, 0.29) is 11.9 Å². The van der Waals surface area contributed by atoms with E-state index in [4.69, 9.17) is 4.74 Å². The average molecular weight is 1120 g/mol. The smallest absolute Gasteiger partial charge is 0.416 e. The van der Waals surface area contributed by atoms with Gasteiger partial charge in [-0.1, -0.05) is 78.9 Å². The topological polar surface area (TPSA) is 30.2 Å². The van der Waals surface area contributed by atoms with Crippen molar-refractivity contribution >= 4 is 46.6 Å². The van der Waals surface area contributed by atoms with E-state index in [1.807, 2.05) is 53.2 Å². The van der Waals surface area contributed by atoms with Crippen LogP contribution in [0.2, 0.25) is 0 Å². The predicted molar refractivity (Wildman–Crippen MR) is 222 cm³/mol. The lowest BCUT2D eigenvalue weighted by molar-refractivity contribution is -0.690. The maximum atomic E-state index is 14.2. The summed E-state index contributed by atoms with van der Waals surface area (Å²) in [5, 5.41) is 0. The van der Waals surface area contributed by atoms with Crippen LogP contribution < -0.4 is 26.4 Å². The zero-order valence-electron chi connectivity index (χ0n) is 36.4. The lowest BCUT2D eigenvalue weighted by Gasteiger charge is -2.46. The van der Waals surface area contributed by atoms with Crippen LogP contribution in [0.25, 0.3) is 0 Å². The molecule has 1 heterocycles. The van der Waals surface area contributed by atoms with Gasteiger partial charge < -0.3 is 4.74 Å². The van der Waals surface area contributed by atoms with Crippen molar-refractivity contribution in [1.82, 2.24) is 0 Å². The van der Waals surface area contributed by atoms with Crippen LogP contribution in [0.3, 0.4) is 0 Å². The molecule has 75 heavy (non-hydrogen) atoms. The first-order valence-electron chi connectivity index (χ1n) is 20.2. The molecule has 3 nitrogen and oxygen atoms in total. The van der Waals surface area contributed by atoms with E-state index in [1.165, 1.54) is 0 Å². The van der Waals surface area contributed by atoms with Gasteiger partial charge in [0.1, 0.15) is 12.1 Å². The lowest BCUT2D eigenvalue weighted by atomic mass is 9.12. The Morgan fingerprint density at radius 2 is 0.640 bits per heavy atom. The van der Waals surface area contributed by atoms with Crippen LogP contribution in [0.1, 0.15) is 60.6 Å². The van der Waals surface area contributed by atoms with Crippen LogP contribution in [0, 0.1) is 0 Å². The van der Waals surface area contributed by atoms with Gasteiger partial charge >= 0.3 is 55.4 Å². The highest BCUT2D eigenvalue weighted by Gasteiger charge is 2.47. The SMILES string of the molecule is FC(F)(F)c1cc([B-](c2cc(C(F)(F)F)cc(C(F)(F)F)c2)(c2cc(C(F)(F)F)cc(C(F)(F)F)c2)c2cc(C(F)(F)F)cc(C(F)(F)F)c2)cc(C(F)(F)F)c1.O=C(OCS)c1cccc[n+]1Cc1ccccc1. The number of hydrogen-bond acceptors (Lipinski definition) is 3. The number of benzene rings is 5. The molecule has 0 aliphatic carbocycles. The number of carbonyl (C=O) groups is 1. The third-order valence-electron chi connectivity index (χ3n) is 11.0. The van der Waals surface area contributed by atoms with E-state index < -0.39 is 195 Å². The standard InChI is InChI=1S/C32H12BF24.C14H13NO2S/c34-25(35,36)13-1-14(26(37,38)39)6-21(5-13)33(22-7-15(27(40,41)42)2-16(8-22)28(43,44)45,23-9-17(29(46,47)48)3-18(10-23)30(49,50)51)24-11-19(31(52,53)54)4-20(12-24)32(55,56)57;16-14(17-11-18)13-8-4-5-9-15(13)10-12-6-2-1-3-7-12/h1-12H;1-9H,10-11H2/q-1;/p+1. The number of rotatable bonds is 8. The molecule has 0 spiro atoms. The number of alkyl halides is 24. The Balaban J connectivity index is 0.000000483. The average Bonchev–Trinajstić information content (AvgIpc) is 3.27. The van der Waals surface area contributed by atoms with Gasteiger partial charge in [-0.05, 0) is 30.3 Å². The summed E-state index contributed by atoms with van der Waals surface area (Å²) in [5.74, 6) is -0.277. The molecule has 0 saturated heterocycles. The fourth-order valence-corrected chi connectivity index (χ4v) is 7.90. The maximum absolute atomic E-state index is 14.2. The maximum Gasteiger partial charge on any atom is 0.416 e. The van der Waals surface area contributed by atoms with E-state index in [2.05, 4.69) is 12.6 Å². The number of carbonyl (C=O) groups excluding carboxylic acids is 1. The fraction of sp³-hybridized carbons (Fsp3) is 0.217. The van der Waals surface area contributed by atoms with Crippen molar-refractivity contribution in [3.63, 3.8) is 0 Å². The molecule has 6 aromatic rings. The predicted octanol–water partition coefficient (Wildman–Crippen LogP) is 13.3. The number of nitrogens with zero attached hydrogens (tertiary/aromatic N) is 1. The minimum Gasteiger partial charge on any atom is -0.447 e. The third kappa shape index (κ3) is 14.0. The Hall–Kier alpha value is -6.55. The molecule has 0 radical (unpaired) electrons. The Kier molecular flexibility index (Phi) is 16.5. The molecule has 5 aromatic carbocycles. The summed E-state index contributed by atoms with van der Waals surface area (Å²) in [5.41, 5.74) is -28.5. The number of hydrogen-bond donors (Lipinski definition) is 1. The Labute approximate surface area is 410 Å². The minimum absolute atomic E-state index is 0.0824. The van der Waals surface area contributed by atoms with Crippen LogP contribution in [0.4, 0.5) is 105 Å². The number of esters is 1. The monoisotopic (exact) mass is 1120 g/mol.